The number of allylic oxidation sites excluding steroid dienone is 2. The fourth-order valence-electron chi connectivity index (χ4n) is 4.77. The maximum atomic E-state index is 12.0. The minimum absolute atomic E-state index is 0.233. The molecule has 0 aromatic heterocycles. The molecule has 1 spiro atoms. The Kier molecular flexibility index (Phi) is 10.7. The summed E-state index contributed by atoms with van der Waals surface area (Å²) in [6.45, 7) is 7.64. The molecule has 0 bridgehead atoms. The summed E-state index contributed by atoms with van der Waals surface area (Å²) in [6, 6.07) is 0. The second-order valence-corrected chi connectivity index (χ2v) is 8.55. The van der Waals surface area contributed by atoms with E-state index >= 15 is 0 Å². The van der Waals surface area contributed by atoms with Gasteiger partial charge in [0.2, 0.25) is 0 Å². The molecule has 0 saturated heterocycles. The summed E-state index contributed by atoms with van der Waals surface area (Å²) in [5, 5.41) is 0. The largest absolute Gasteiger partial charge is 0.373 e. The van der Waals surface area contributed by atoms with E-state index in [4.69, 9.17) is 9.47 Å². The van der Waals surface area contributed by atoms with Crippen LogP contribution in [0.25, 0.3) is 0 Å². The molecule has 2 rings (SSSR count). The predicted molar refractivity (Wildman–Crippen MR) is 120 cm³/mol. The van der Waals surface area contributed by atoms with Crippen molar-refractivity contribution in [3.63, 3.8) is 0 Å². The molecule has 1 saturated carbocycles. The zero-order valence-corrected chi connectivity index (χ0v) is 18.9. The first-order valence-corrected chi connectivity index (χ1v) is 11.7. The van der Waals surface area contributed by atoms with Crippen LogP contribution >= 0.6 is 0 Å². The van der Waals surface area contributed by atoms with Crippen LogP contribution in [-0.4, -0.2) is 31.7 Å². The molecule has 0 N–H and O–H groups in total. The monoisotopic (exact) mass is 400 g/mol. The number of Topliss-reactive ketones (excluding diaryl/α,β-unsaturated/α-hetero) is 1. The van der Waals surface area contributed by atoms with Gasteiger partial charge < -0.3 is 9.47 Å². The van der Waals surface area contributed by atoms with Crippen molar-refractivity contribution in [1.29, 1.82) is 0 Å². The summed E-state index contributed by atoms with van der Waals surface area (Å²) in [6.07, 6.45) is 16.9. The van der Waals surface area contributed by atoms with E-state index in [1.807, 2.05) is 26.8 Å². The molecule has 29 heavy (non-hydrogen) atoms. The first-order chi connectivity index (χ1) is 14.1. The van der Waals surface area contributed by atoms with Crippen molar-refractivity contribution in [1.82, 2.24) is 0 Å². The first kappa shape index (κ1) is 23.9. The summed E-state index contributed by atoms with van der Waals surface area (Å²) in [5.74, 6) is 6.56. The van der Waals surface area contributed by atoms with Crippen LogP contribution in [0.15, 0.2) is 23.3 Å². The van der Waals surface area contributed by atoms with Gasteiger partial charge in [-0.2, -0.15) is 0 Å². The summed E-state index contributed by atoms with van der Waals surface area (Å²) < 4.78 is 11.7. The zero-order valence-electron chi connectivity index (χ0n) is 18.9. The second kappa shape index (κ2) is 13.0. The third kappa shape index (κ3) is 8.11. The Morgan fingerprint density at radius 2 is 1.97 bits per heavy atom. The molecule has 2 aliphatic carbocycles. The Balaban J connectivity index is 1.84. The molecule has 2 aliphatic rings. The van der Waals surface area contributed by atoms with Crippen molar-refractivity contribution in [3.05, 3.63) is 23.3 Å². The van der Waals surface area contributed by atoms with Crippen LogP contribution in [-0.2, 0) is 14.3 Å². The molecular formula is C26H40O3. The van der Waals surface area contributed by atoms with Gasteiger partial charge >= 0.3 is 0 Å². The van der Waals surface area contributed by atoms with Gasteiger partial charge in [0.25, 0.3) is 0 Å². The number of hydrogen-bond donors (Lipinski definition) is 0. The fraction of sp³-hybridized carbons (Fsp3) is 0.731. The van der Waals surface area contributed by atoms with Gasteiger partial charge in [-0.05, 0) is 63.4 Å². The maximum absolute atomic E-state index is 12.0. The number of ether oxygens (including phenoxy) is 2. The lowest BCUT2D eigenvalue weighted by Crippen LogP contribution is -2.25. The second-order valence-electron chi connectivity index (χ2n) is 8.55. The molecule has 0 amide bonds. The molecule has 0 aromatic rings. The molecule has 0 aliphatic heterocycles. The highest BCUT2D eigenvalue weighted by Gasteiger charge is 2.32. The quantitative estimate of drug-likeness (QED) is 0.250. The van der Waals surface area contributed by atoms with Gasteiger partial charge in [0.15, 0.2) is 0 Å². The SMILES string of the molecule is C/C=C(\C#CCOCC1=CC2(CCCCC2)CCC1)C(CC(=O)CCC)OCC. The molecule has 3 heteroatoms. The molecule has 1 fully saturated rings. The minimum atomic E-state index is -0.233. The predicted octanol–water partition coefficient (Wildman–Crippen LogP) is 6.18. The van der Waals surface area contributed by atoms with Gasteiger partial charge in [-0.15, -0.1) is 0 Å². The van der Waals surface area contributed by atoms with Gasteiger partial charge in [0.1, 0.15) is 12.4 Å². The highest BCUT2D eigenvalue weighted by atomic mass is 16.5. The van der Waals surface area contributed by atoms with Crippen LogP contribution in [0.2, 0.25) is 0 Å². The summed E-state index contributed by atoms with van der Waals surface area (Å²) >= 11 is 0. The summed E-state index contributed by atoms with van der Waals surface area (Å²) in [7, 11) is 0. The van der Waals surface area contributed by atoms with Crippen LogP contribution in [0.5, 0.6) is 0 Å². The average molecular weight is 401 g/mol. The highest BCUT2D eigenvalue weighted by Crippen LogP contribution is 2.45. The average Bonchev–Trinajstić information content (AvgIpc) is 2.71. The third-order valence-electron chi connectivity index (χ3n) is 6.19. The Labute approximate surface area is 178 Å². The molecule has 162 valence electrons. The van der Waals surface area contributed by atoms with Crippen molar-refractivity contribution in [2.45, 2.75) is 97.5 Å². The third-order valence-corrected chi connectivity index (χ3v) is 6.19. The highest BCUT2D eigenvalue weighted by molar-refractivity contribution is 5.79. The number of rotatable bonds is 10. The van der Waals surface area contributed by atoms with Gasteiger partial charge in [-0.25, -0.2) is 0 Å². The van der Waals surface area contributed by atoms with E-state index in [1.54, 1.807) is 0 Å². The van der Waals surface area contributed by atoms with Gasteiger partial charge in [0.05, 0.1) is 12.7 Å². The van der Waals surface area contributed by atoms with E-state index in [9.17, 15) is 4.79 Å². The molecule has 3 nitrogen and oxygen atoms in total. The summed E-state index contributed by atoms with van der Waals surface area (Å²) in [5.41, 5.74) is 2.82. The van der Waals surface area contributed by atoms with Gasteiger partial charge in [0, 0.05) is 25.0 Å². The Morgan fingerprint density at radius 1 is 1.21 bits per heavy atom. The number of hydrogen-bond acceptors (Lipinski definition) is 3. The van der Waals surface area contributed by atoms with Crippen LogP contribution < -0.4 is 0 Å². The number of carbonyl (C=O) groups excluding carboxylic acids is 1. The van der Waals surface area contributed by atoms with E-state index in [-0.39, 0.29) is 11.9 Å². The van der Waals surface area contributed by atoms with Crippen LogP contribution in [0.1, 0.15) is 91.4 Å². The smallest absolute Gasteiger partial charge is 0.135 e. The van der Waals surface area contributed by atoms with Crippen LogP contribution in [0.3, 0.4) is 0 Å². The fourth-order valence-corrected chi connectivity index (χ4v) is 4.77. The standard InChI is InChI=1S/C26H40O3/c1-4-12-24(27)19-25(29-6-3)23(5-2)14-11-18-28-21-22-13-10-17-26(20-22)15-8-7-9-16-26/h5,20,25H,4,6-10,12-13,15-19,21H2,1-3H3/b23-5+. The Morgan fingerprint density at radius 3 is 2.66 bits per heavy atom. The van der Waals surface area contributed by atoms with Gasteiger partial charge in [-0.3, -0.25) is 4.79 Å². The zero-order chi connectivity index (χ0) is 21.0. The lowest BCUT2D eigenvalue weighted by molar-refractivity contribution is -0.121. The maximum Gasteiger partial charge on any atom is 0.135 e. The number of ketones is 1. The molecule has 0 aromatic carbocycles. The topological polar surface area (TPSA) is 35.5 Å². The van der Waals surface area contributed by atoms with Crippen molar-refractivity contribution in [2.75, 3.05) is 19.8 Å². The summed E-state index contributed by atoms with van der Waals surface area (Å²) in [4.78, 5) is 12.0. The van der Waals surface area contributed by atoms with Gasteiger partial charge in [-0.1, -0.05) is 50.2 Å². The molecule has 0 heterocycles. The van der Waals surface area contributed by atoms with Crippen LogP contribution in [0, 0.1) is 17.3 Å². The Bertz CT molecular complexity index is 626. The number of carbonyl (C=O) groups is 1. The molecule has 1 unspecified atom stereocenters. The molecule has 1 atom stereocenters. The van der Waals surface area contributed by atoms with E-state index in [2.05, 4.69) is 17.9 Å². The van der Waals surface area contributed by atoms with E-state index in [0.717, 1.165) is 12.0 Å². The van der Waals surface area contributed by atoms with E-state index in [1.165, 1.54) is 56.9 Å². The van der Waals surface area contributed by atoms with E-state index in [0.29, 0.717) is 38.1 Å². The molecule has 0 radical (unpaired) electrons. The van der Waals surface area contributed by atoms with Crippen molar-refractivity contribution in [3.8, 4) is 11.8 Å². The van der Waals surface area contributed by atoms with E-state index < -0.39 is 0 Å². The first-order valence-electron chi connectivity index (χ1n) is 11.7. The van der Waals surface area contributed by atoms with Crippen molar-refractivity contribution >= 4 is 5.78 Å². The van der Waals surface area contributed by atoms with Crippen LogP contribution in [0.4, 0.5) is 0 Å². The normalized spacial score (nSPS) is 20.0. The lowest BCUT2D eigenvalue weighted by atomic mass is 9.67. The van der Waals surface area contributed by atoms with Crippen molar-refractivity contribution in [2.24, 2.45) is 5.41 Å². The lowest BCUT2D eigenvalue weighted by Gasteiger charge is -2.38. The molecular weight excluding hydrogens is 360 g/mol. The minimum Gasteiger partial charge on any atom is -0.373 e. The van der Waals surface area contributed by atoms with Crippen molar-refractivity contribution < 1.29 is 14.3 Å². The Hall–Kier alpha value is -1.37.